The SMILES string of the molecule is CCCC1NC(=O)N(Cc2cc(NC)ccn2)C1=O. The smallest absolute Gasteiger partial charge is 0.325 e. The third-order valence-electron chi connectivity index (χ3n) is 3.11. The van der Waals surface area contributed by atoms with Crippen molar-refractivity contribution in [3.8, 4) is 0 Å². The van der Waals surface area contributed by atoms with E-state index in [1.807, 2.05) is 26.1 Å². The van der Waals surface area contributed by atoms with E-state index in [1.165, 1.54) is 4.90 Å². The predicted octanol–water partition coefficient (Wildman–Crippen LogP) is 1.34. The zero-order valence-corrected chi connectivity index (χ0v) is 11.1. The minimum Gasteiger partial charge on any atom is -0.388 e. The van der Waals surface area contributed by atoms with E-state index < -0.39 is 0 Å². The Morgan fingerprint density at radius 2 is 2.26 bits per heavy atom. The number of anilines is 1. The van der Waals surface area contributed by atoms with Crippen LogP contribution in [0.4, 0.5) is 10.5 Å². The van der Waals surface area contributed by atoms with Crippen LogP contribution >= 0.6 is 0 Å². The summed E-state index contributed by atoms with van der Waals surface area (Å²) in [6.45, 7) is 2.19. The summed E-state index contributed by atoms with van der Waals surface area (Å²) in [7, 11) is 1.81. The first-order valence-corrected chi connectivity index (χ1v) is 6.40. The van der Waals surface area contributed by atoms with Crippen molar-refractivity contribution < 1.29 is 9.59 Å². The van der Waals surface area contributed by atoms with Crippen molar-refractivity contribution in [1.29, 1.82) is 0 Å². The molecule has 1 aromatic rings. The van der Waals surface area contributed by atoms with Gasteiger partial charge >= 0.3 is 6.03 Å². The Balaban J connectivity index is 2.10. The van der Waals surface area contributed by atoms with Gasteiger partial charge in [0.05, 0.1) is 12.2 Å². The molecule has 2 heterocycles. The van der Waals surface area contributed by atoms with Gasteiger partial charge in [-0.2, -0.15) is 0 Å². The highest BCUT2D eigenvalue weighted by Gasteiger charge is 2.37. The van der Waals surface area contributed by atoms with Crippen LogP contribution in [0.25, 0.3) is 0 Å². The Morgan fingerprint density at radius 3 is 2.95 bits per heavy atom. The molecule has 6 nitrogen and oxygen atoms in total. The lowest BCUT2D eigenvalue weighted by molar-refractivity contribution is -0.128. The quantitative estimate of drug-likeness (QED) is 0.785. The van der Waals surface area contributed by atoms with Gasteiger partial charge in [0.2, 0.25) is 0 Å². The second-order valence-corrected chi connectivity index (χ2v) is 4.50. The summed E-state index contributed by atoms with van der Waals surface area (Å²) in [6.07, 6.45) is 3.19. The fourth-order valence-electron chi connectivity index (χ4n) is 2.09. The number of hydrogen-bond acceptors (Lipinski definition) is 4. The van der Waals surface area contributed by atoms with Crippen LogP contribution in [-0.4, -0.2) is 34.9 Å². The van der Waals surface area contributed by atoms with Crippen molar-refractivity contribution in [2.75, 3.05) is 12.4 Å². The number of urea groups is 1. The van der Waals surface area contributed by atoms with Crippen LogP contribution in [0.3, 0.4) is 0 Å². The van der Waals surface area contributed by atoms with E-state index in [0.29, 0.717) is 12.1 Å². The van der Waals surface area contributed by atoms with E-state index >= 15 is 0 Å². The third-order valence-corrected chi connectivity index (χ3v) is 3.11. The van der Waals surface area contributed by atoms with Crippen molar-refractivity contribution in [3.63, 3.8) is 0 Å². The first kappa shape index (κ1) is 13.3. The number of carbonyl (C=O) groups excluding carboxylic acids is 2. The van der Waals surface area contributed by atoms with Gasteiger partial charge in [-0.3, -0.25) is 14.7 Å². The molecular formula is C13H18N4O2. The number of nitrogens with one attached hydrogen (secondary N) is 2. The number of imide groups is 1. The van der Waals surface area contributed by atoms with Crippen molar-refractivity contribution in [2.45, 2.75) is 32.4 Å². The summed E-state index contributed by atoms with van der Waals surface area (Å²) in [6, 6.07) is 2.94. The molecule has 1 unspecified atom stereocenters. The maximum atomic E-state index is 12.1. The van der Waals surface area contributed by atoms with Crippen molar-refractivity contribution in [1.82, 2.24) is 15.2 Å². The fourth-order valence-corrected chi connectivity index (χ4v) is 2.09. The summed E-state index contributed by atoms with van der Waals surface area (Å²) in [5, 5.41) is 5.70. The number of pyridine rings is 1. The maximum absolute atomic E-state index is 12.1. The number of carbonyl (C=O) groups is 2. The first-order valence-electron chi connectivity index (χ1n) is 6.40. The van der Waals surface area contributed by atoms with Gasteiger partial charge in [-0.25, -0.2) is 4.79 Å². The number of nitrogens with zero attached hydrogens (tertiary/aromatic N) is 2. The topological polar surface area (TPSA) is 74.3 Å². The van der Waals surface area contributed by atoms with Crippen LogP contribution in [0.15, 0.2) is 18.3 Å². The Labute approximate surface area is 112 Å². The van der Waals surface area contributed by atoms with Crippen molar-refractivity contribution in [3.05, 3.63) is 24.0 Å². The molecule has 2 N–H and O–H groups in total. The van der Waals surface area contributed by atoms with Crippen LogP contribution < -0.4 is 10.6 Å². The molecule has 19 heavy (non-hydrogen) atoms. The van der Waals surface area contributed by atoms with Crippen LogP contribution in [0.1, 0.15) is 25.5 Å². The molecule has 6 heteroatoms. The zero-order valence-electron chi connectivity index (χ0n) is 11.1. The molecule has 0 saturated carbocycles. The largest absolute Gasteiger partial charge is 0.388 e. The monoisotopic (exact) mass is 262 g/mol. The molecule has 1 aliphatic rings. The molecule has 0 radical (unpaired) electrons. The van der Waals surface area contributed by atoms with Crippen LogP contribution in [0, 0.1) is 0 Å². The molecule has 3 amide bonds. The van der Waals surface area contributed by atoms with Gasteiger partial charge in [0.25, 0.3) is 5.91 Å². The van der Waals surface area contributed by atoms with E-state index in [2.05, 4.69) is 15.6 Å². The van der Waals surface area contributed by atoms with Crippen LogP contribution in [-0.2, 0) is 11.3 Å². The highest BCUT2D eigenvalue weighted by atomic mass is 16.2. The minimum atomic E-state index is -0.384. The number of hydrogen-bond donors (Lipinski definition) is 2. The van der Waals surface area contributed by atoms with Gasteiger partial charge in [-0.15, -0.1) is 0 Å². The van der Waals surface area contributed by atoms with Gasteiger partial charge in [0, 0.05) is 18.9 Å². The summed E-state index contributed by atoms with van der Waals surface area (Å²) in [5.41, 5.74) is 1.59. The standard InChI is InChI=1S/C13H18N4O2/c1-3-4-11-12(18)17(13(19)16-11)8-10-7-9(14-2)5-6-15-10/h5-7,11H,3-4,8H2,1-2H3,(H,14,15)(H,16,19). The van der Waals surface area contributed by atoms with Gasteiger partial charge in [-0.1, -0.05) is 13.3 Å². The Hall–Kier alpha value is -2.11. The minimum absolute atomic E-state index is 0.163. The molecule has 0 spiro atoms. The molecule has 0 bridgehead atoms. The highest BCUT2D eigenvalue weighted by Crippen LogP contribution is 2.15. The molecule has 2 rings (SSSR count). The second-order valence-electron chi connectivity index (χ2n) is 4.50. The van der Waals surface area contributed by atoms with E-state index in [4.69, 9.17) is 0 Å². The lowest BCUT2D eigenvalue weighted by Crippen LogP contribution is -2.31. The highest BCUT2D eigenvalue weighted by molar-refractivity contribution is 6.04. The van der Waals surface area contributed by atoms with E-state index in [9.17, 15) is 9.59 Å². The Kier molecular flexibility index (Phi) is 3.99. The summed E-state index contributed by atoms with van der Waals surface area (Å²) in [5.74, 6) is -0.163. The summed E-state index contributed by atoms with van der Waals surface area (Å²) >= 11 is 0. The van der Waals surface area contributed by atoms with Crippen LogP contribution in [0.2, 0.25) is 0 Å². The number of amides is 3. The third kappa shape index (κ3) is 2.83. The normalized spacial score (nSPS) is 18.6. The fraction of sp³-hybridized carbons (Fsp3) is 0.462. The molecule has 0 aromatic carbocycles. The lowest BCUT2D eigenvalue weighted by atomic mass is 10.1. The predicted molar refractivity (Wildman–Crippen MR) is 71.6 cm³/mol. The summed E-state index contributed by atoms with van der Waals surface area (Å²) < 4.78 is 0. The Morgan fingerprint density at radius 1 is 1.47 bits per heavy atom. The maximum Gasteiger partial charge on any atom is 0.325 e. The van der Waals surface area contributed by atoms with Gasteiger partial charge in [0.1, 0.15) is 6.04 Å². The molecule has 0 aliphatic carbocycles. The molecule has 1 aromatic heterocycles. The van der Waals surface area contributed by atoms with Crippen LogP contribution in [0.5, 0.6) is 0 Å². The van der Waals surface area contributed by atoms with E-state index in [0.717, 1.165) is 12.1 Å². The van der Waals surface area contributed by atoms with Gasteiger partial charge < -0.3 is 10.6 Å². The van der Waals surface area contributed by atoms with Gasteiger partial charge in [0.15, 0.2) is 0 Å². The van der Waals surface area contributed by atoms with E-state index in [-0.39, 0.29) is 24.5 Å². The Bertz CT molecular complexity index is 489. The molecule has 102 valence electrons. The molecular weight excluding hydrogens is 244 g/mol. The summed E-state index contributed by atoms with van der Waals surface area (Å²) in [4.78, 5) is 29.2. The van der Waals surface area contributed by atoms with Gasteiger partial charge in [-0.05, 0) is 18.6 Å². The molecule has 1 atom stereocenters. The van der Waals surface area contributed by atoms with E-state index in [1.54, 1.807) is 6.20 Å². The lowest BCUT2D eigenvalue weighted by Gasteiger charge is -2.13. The van der Waals surface area contributed by atoms with Crippen molar-refractivity contribution in [2.24, 2.45) is 0 Å². The molecule has 1 fully saturated rings. The average Bonchev–Trinajstić information content (AvgIpc) is 2.67. The van der Waals surface area contributed by atoms with Crippen molar-refractivity contribution >= 4 is 17.6 Å². The average molecular weight is 262 g/mol. The zero-order chi connectivity index (χ0) is 13.8. The number of aromatic nitrogens is 1. The molecule has 1 aliphatic heterocycles. The molecule has 1 saturated heterocycles. The number of rotatable bonds is 5. The first-order chi connectivity index (χ1) is 9.15. The second kappa shape index (κ2) is 5.69.